The van der Waals surface area contributed by atoms with Gasteiger partial charge in [0.25, 0.3) is 0 Å². The summed E-state index contributed by atoms with van der Waals surface area (Å²) < 4.78 is 18.3. The molecule has 0 bridgehead atoms. The van der Waals surface area contributed by atoms with Gasteiger partial charge in [-0.2, -0.15) is 0 Å². The first-order valence-electron chi connectivity index (χ1n) is 5.08. The van der Waals surface area contributed by atoms with Gasteiger partial charge < -0.3 is 15.4 Å². The van der Waals surface area contributed by atoms with Crippen LogP contribution in [-0.2, 0) is 4.79 Å². The highest BCUT2D eigenvalue weighted by Gasteiger charge is 2.21. The molecule has 0 spiro atoms. The van der Waals surface area contributed by atoms with Crippen LogP contribution in [0.2, 0.25) is 0 Å². The Morgan fingerprint density at radius 2 is 2.50 bits per heavy atom. The number of carbonyl (C=O) groups excluding carboxylic acids is 1. The lowest BCUT2D eigenvalue weighted by Crippen LogP contribution is -2.36. The van der Waals surface area contributed by atoms with E-state index in [0.29, 0.717) is 18.8 Å². The van der Waals surface area contributed by atoms with Gasteiger partial charge in [-0.15, -0.1) is 0 Å². The minimum atomic E-state index is -0.328. The fourth-order valence-corrected chi connectivity index (χ4v) is 1.62. The van der Waals surface area contributed by atoms with Crippen molar-refractivity contribution in [2.24, 2.45) is 0 Å². The third kappa shape index (κ3) is 2.24. The van der Waals surface area contributed by atoms with Crippen molar-refractivity contribution in [2.45, 2.75) is 12.5 Å². The number of benzene rings is 1. The van der Waals surface area contributed by atoms with Crippen molar-refractivity contribution in [2.75, 3.05) is 19.0 Å². The summed E-state index contributed by atoms with van der Waals surface area (Å²) in [6, 6.07) is 4.23. The maximum absolute atomic E-state index is 12.9. The lowest BCUT2D eigenvalue weighted by molar-refractivity contribution is -0.121. The van der Waals surface area contributed by atoms with E-state index in [0.717, 1.165) is 5.69 Å². The van der Waals surface area contributed by atoms with Crippen molar-refractivity contribution in [3.63, 3.8) is 0 Å². The van der Waals surface area contributed by atoms with Crippen LogP contribution in [0.15, 0.2) is 18.2 Å². The van der Waals surface area contributed by atoms with Crippen LogP contribution >= 0.6 is 0 Å². The van der Waals surface area contributed by atoms with Gasteiger partial charge in [0.05, 0.1) is 18.2 Å². The highest BCUT2D eigenvalue weighted by atomic mass is 19.1. The Labute approximate surface area is 92.8 Å². The molecule has 1 aromatic rings. The molecule has 1 amide bonds. The molecule has 1 heterocycles. The molecule has 0 fully saturated rings. The molecule has 0 unspecified atom stereocenters. The van der Waals surface area contributed by atoms with Crippen LogP contribution in [0.4, 0.5) is 10.1 Å². The average Bonchev–Trinajstić information content (AvgIpc) is 2.29. The number of hydrogen-bond donors (Lipinski definition) is 2. The van der Waals surface area contributed by atoms with Gasteiger partial charge in [-0.05, 0) is 12.1 Å². The number of hydrogen-bond acceptors (Lipinski definition) is 3. The molecule has 2 rings (SSSR count). The lowest BCUT2D eigenvalue weighted by atomic mass is 10.1. The molecule has 0 radical (unpaired) electrons. The Bertz CT molecular complexity index is 409. The van der Waals surface area contributed by atoms with Crippen LogP contribution in [0.1, 0.15) is 6.42 Å². The van der Waals surface area contributed by atoms with E-state index in [1.54, 1.807) is 13.1 Å². The Balaban J connectivity index is 2.06. The molecule has 0 saturated heterocycles. The molecule has 0 aliphatic carbocycles. The second-order valence-corrected chi connectivity index (χ2v) is 3.67. The maximum Gasteiger partial charge on any atom is 0.221 e. The lowest BCUT2D eigenvalue weighted by Gasteiger charge is -2.26. The highest BCUT2D eigenvalue weighted by molar-refractivity contribution is 5.77. The van der Waals surface area contributed by atoms with Crippen LogP contribution in [0.3, 0.4) is 0 Å². The highest BCUT2D eigenvalue weighted by Crippen LogP contribution is 2.29. The minimum Gasteiger partial charge on any atom is -0.489 e. The summed E-state index contributed by atoms with van der Waals surface area (Å²) in [5, 5.41) is 5.69. The fraction of sp³-hybridized carbons (Fsp3) is 0.364. The molecule has 5 heteroatoms. The van der Waals surface area contributed by atoms with Gasteiger partial charge >= 0.3 is 0 Å². The summed E-state index contributed by atoms with van der Waals surface area (Å²) in [4.78, 5) is 11.2. The number of anilines is 1. The molecule has 4 nitrogen and oxygen atoms in total. The first-order chi connectivity index (χ1) is 7.69. The summed E-state index contributed by atoms with van der Waals surface area (Å²) in [5.41, 5.74) is 0.724. The minimum absolute atomic E-state index is 0.0494. The normalized spacial score (nSPS) is 18.0. The van der Waals surface area contributed by atoms with Gasteiger partial charge in [0, 0.05) is 13.1 Å². The quantitative estimate of drug-likeness (QED) is 0.791. The molecule has 1 atom stereocenters. The van der Waals surface area contributed by atoms with E-state index < -0.39 is 0 Å². The number of amides is 1. The van der Waals surface area contributed by atoms with E-state index in [1.165, 1.54) is 12.1 Å². The smallest absolute Gasteiger partial charge is 0.221 e. The number of halogens is 1. The van der Waals surface area contributed by atoms with E-state index in [9.17, 15) is 9.18 Å². The third-order valence-corrected chi connectivity index (χ3v) is 2.45. The van der Waals surface area contributed by atoms with Crippen molar-refractivity contribution in [1.29, 1.82) is 0 Å². The van der Waals surface area contributed by atoms with Crippen LogP contribution in [-0.4, -0.2) is 25.6 Å². The number of rotatable bonds is 2. The molecule has 2 N–H and O–H groups in total. The molecule has 0 aromatic heterocycles. The monoisotopic (exact) mass is 224 g/mol. The standard InChI is InChI=1S/C11H13FN2O2/c1-13-11(15)5-8-6-16-10-4-7(12)2-3-9(10)14-8/h2-4,8,14H,5-6H2,1H3,(H,13,15)/t8-/m0/s1. The average molecular weight is 224 g/mol. The van der Waals surface area contributed by atoms with E-state index in [2.05, 4.69) is 10.6 Å². The largest absolute Gasteiger partial charge is 0.489 e. The van der Waals surface area contributed by atoms with E-state index >= 15 is 0 Å². The Morgan fingerprint density at radius 1 is 1.69 bits per heavy atom. The number of carbonyl (C=O) groups is 1. The fourth-order valence-electron chi connectivity index (χ4n) is 1.62. The van der Waals surface area contributed by atoms with Gasteiger partial charge in [-0.3, -0.25) is 4.79 Å². The summed E-state index contributed by atoms with van der Waals surface area (Å²) in [7, 11) is 1.59. The first kappa shape index (κ1) is 10.7. The van der Waals surface area contributed by atoms with Crippen molar-refractivity contribution in [3.05, 3.63) is 24.0 Å². The molecule has 86 valence electrons. The van der Waals surface area contributed by atoms with Gasteiger partial charge in [0.1, 0.15) is 18.2 Å². The third-order valence-electron chi connectivity index (χ3n) is 2.45. The first-order valence-corrected chi connectivity index (χ1v) is 5.08. The summed E-state index contributed by atoms with van der Waals surface area (Å²) >= 11 is 0. The predicted molar refractivity (Wildman–Crippen MR) is 58.0 cm³/mol. The van der Waals surface area contributed by atoms with E-state index in [-0.39, 0.29) is 17.8 Å². The SMILES string of the molecule is CNC(=O)C[C@H]1COc2cc(F)ccc2N1. The zero-order valence-corrected chi connectivity index (χ0v) is 8.92. The van der Waals surface area contributed by atoms with Crippen LogP contribution in [0.5, 0.6) is 5.75 Å². The summed E-state index contributed by atoms with van der Waals surface area (Å²) in [6.45, 7) is 0.365. The van der Waals surface area contributed by atoms with Crippen molar-refractivity contribution in [1.82, 2.24) is 5.32 Å². The molecule has 1 aliphatic rings. The Kier molecular flexibility index (Phi) is 2.94. The zero-order valence-electron chi connectivity index (χ0n) is 8.92. The van der Waals surface area contributed by atoms with Crippen LogP contribution < -0.4 is 15.4 Å². The van der Waals surface area contributed by atoms with Crippen molar-refractivity contribution in [3.8, 4) is 5.75 Å². The van der Waals surface area contributed by atoms with Crippen molar-refractivity contribution < 1.29 is 13.9 Å². The molecule has 16 heavy (non-hydrogen) atoms. The second-order valence-electron chi connectivity index (χ2n) is 3.67. The maximum atomic E-state index is 12.9. The van der Waals surface area contributed by atoms with E-state index in [4.69, 9.17) is 4.74 Å². The predicted octanol–water partition coefficient (Wildman–Crippen LogP) is 1.13. The number of ether oxygens (including phenoxy) is 1. The summed E-state index contributed by atoms with van der Waals surface area (Å²) in [6.07, 6.45) is 0.341. The molecule has 0 saturated carbocycles. The van der Waals surface area contributed by atoms with Crippen molar-refractivity contribution >= 4 is 11.6 Å². The molecule has 1 aromatic carbocycles. The Hall–Kier alpha value is -1.78. The van der Waals surface area contributed by atoms with Gasteiger partial charge in [-0.25, -0.2) is 4.39 Å². The summed E-state index contributed by atoms with van der Waals surface area (Å²) in [5.74, 6) is 0.116. The zero-order chi connectivity index (χ0) is 11.5. The molecular formula is C11H13FN2O2. The van der Waals surface area contributed by atoms with Gasteiger partial charge in [0.15, 0.2) is 0 Å². The number of nitrogens with one attached hydrogen (secondary N) is 2. The van der Waals surface area contributed by atoms with Crippen LogP contribution in [0, 0.1) is 5.82 Å². The van der Waals surface area contributed by atoms with Gasteiger partial charge in [0.2, 0.25) is 5.91 Å². The number of fused-ring (bicyclic) bond motifs is 1. The molecule has 1 aliphatic heterocycles. The topological polar surface area (TPSA) is 50.4 Å². The second kappa shape index (κ2) is 4.38. The Morgan fingerprint density at radius 3 is 3.25 bits per heavy atom. The molecular weight excluding hydrogens is 211 g/mol. The van der Waals surface area contributed by atoms with E-state index in [1.807, 2.05) is 0 Å². The van der Waals surface area contributed by atoms with Crippen LogP contribution in [0.25, 0.3) is 0 Å². The van der Waals surface area contributed by atoms with Gasteiger partial charge in [-0.1, -0.05) is 0 Å².